The number of methoxy groups -OCH3 is 1. The maximum absolute atomic E-state index is 13.8. The van der Waals surface area contributed by atoms with Crippen molar-refractivity contribution in [3.63, 3.8) is 0 Å². The molecule has 2 rings (SSSR count). The highest BCUT2D eigenvalue weighted by Crippen LogP contribution is 2.39. The van der Waals surface area contributed by atoms with Crippen LogP contribution in [0.15, 0.2) is 18.2 Å². The van der Waals surface area contributed by atoms with Crippen LogP contribution in [-0.4, -0.2) is 24.1 Å². The summed E-state index contributed by atoms with van der Waals surface area (Å²) in [5.41, 5.74) is -0.359. The summed E-state index contributed by atoms with van der Waals surface area (Å²) in [7, 11) is 1.39. The molecule has 0 aromatic heterocycles. The van der Waals surface area contributed by atoms with Gasteiger partial charge in [0, 0.05) is 6.42 Å². The third-order valence-electron chi connectivity index (χ3n) is 4.82. The van der Waals surface area contributed by atoms with Gasteiger partial charge in [-0.2, -0.15) is 0 Å². The standard InChI is InChI=1S/C18H24FNO4/c1-12(13-6-7-15(24-2)14(19)10-13)20-16(21)11-18(17(22)23)8-4-3-5-9-18/h6-7,10,12H,3-5,8-9,11H2,1-2H3,(H,20,21)(H,22,23)/t12-/m0/s1. The van der Waals surface area contributed by atoms with Crippen molar-refractivity contribution in [2.75, 3.05) is 7.11 Å². The second-order valence-electron chi connectivity index (χ2n) is 6.51. The molecular formula is C18H24FNO4. The fourth-order valence-electron chi connectivity index (χ4n) is 3.33. The average molecular weight is 337 g/mol. The van der Waals surface area contributed by atoms with E-state index >= 15 is 0 Å². The first-order valence-electron chi connectivity index (χ1n) is 8.24. The van der Waals surface area contributed by atoms with Crippen molar-refractivity contribution < 1.29 is 23.8 Å². The van der Waals surface area contributed by atoms with Gasteiger partial charge in [0.05, 0.1) is 18.6 Å². The van der Waals surface area contributed by atoms with Gasteiger partial charge < -0.3 is 15.2 Å². The summed E-state index contributed by atoms with van der Waals surface area (Å²) in [5, 5.41) is 12.3. The van der Waals surface area contributed by atoms with Gasteiger partial charge in [-0.15, -0.1) is 0 Å². The molecule has 0 radical (unpaired) electrons. The molecular weight excluding hydrogens is 313 g/mol. The number of carbonyl (C=O) groups is 2. The Bertz CT molecular complexity index is 611. The second-order valence-corrected chi connectivity index (χ2v) is 6.51. The molecule has 1 fully saturated rings. The molecule has 1 aromatic carbocycles. The van der Waals surface area contributed by atoms with Gasteiger partial charge in [-0.1, -0.05) is 25.3 Å². The zero-order chi connectivity index (χ0) is 17.7. The number of ether oxygens (including phenoxy) is 1. The lowest BCUT2D eigenvalue weighted by atomic mass is 9.71. The molecule has 24 heavy (non-hydrogen) atoms. The number of hydrogen-bond acceptors (Lipinski definition) is 3. The van der Waals surface area contributed by atoms with Gasteiger partial charge in [-0.05, 0) is 37.5 Å². The Morgan fingerprint density at radius 2 is 2.00 bits per heavy atom. The smallest absolute Gasteiger partial charge is 0.310 e. The Labute approximate surface area is 141 Å². The van der Waals surface area contributed by atoms with Crippen molar-refractivity contribution >= 4 is 11.9 Å². The van der Waals surface area contributed by atoms with E-state index in [2.05, 4.69) is 5.32 Å². The normalized spacial score (nSPS) is 17.8. The molecule has 0 saturated heterocycles. The van der Waals surface area contributed by atoms with Crippen LogP contribution in [0.25, 0.3) is 0 Å². The monoisotopic (exact) mass is 337 g/mol. The molecule has 132 valence electrons. The van der Waals surface area contributed by atoms with E-state index in [1.165, 1.54) is 19.2 Å². The Morgan fingerprint density at radius 3 is 2.54 bits per heavy atom. The zero-order valence-corrected chi connectivity index (χ0v) is 14.1. The molecule has 1 aliphatic carbocycles. The van der Waals surface area contributed by atoms with Gasteiger partial charge in [0.15, 0.2) is 11.6 Å². The lowest BCUT2D eigenvalue weighted by molar-refractivity contribution is -0.154. The Kier molecular flexibility index (Phi) is 5.80. The predicted octanol–water partition coefficient (Wildman–Crippen LogP) is 3.44. The SMILES string of the molecule is COc1ccc([C@H](C)NC(=O)CC2(C(=O)O)CCCCC2)cc1F. The van der Waals surface area contributed by atoms with E-state index in [1.807, 2.05) is 0 Å². The molecule has 1 saturated carbocycles. The summed E-state index contributed by atoms with van der Waals surface area (Å²) in [6.07, 6.45) is 3.70. The van der Waals surface area contributed by atoms with Gasteiger partial charge in [0.1, 0.15) is 0 Å². The summed E-state index contributed by atoms with van der Waals surface area (Å²) >= 11 is 0. The molecule has 0 spiro atoms. The fourth-order valence-corrected chi connectivity index (χ4v) is 3.33. The molecule has 0 bridgehead atoms. The van der Waals surface area contributed by atoms with Crippen LogP contribution < -0.4 is 10.1 Å². The Hall–Kier alpha value is -2.11. The molecule has 1 amide bonds. The topological polar surface area (TPSA) is 75.6 Å². The first-order valence-corrected chi connectivity index (χ1v) is 8.24. The van der Waals surface area contributed by atoms with Gasteiger partial charge in [0.25, 0.3) is 0 Å². The highest BCUT2D eigenvalue weighted by Gasteiger charge is 2.41. The van der Waals surface area contributed by atoms with E-state index in [0.717, 1.165) is 19.3 Å². The van der Waals surface area contributed by atoms with Gasteiger partial charge in [0.2, 0.25) is 5.91 Å². The largest absolute Gasteiger partial charge is 0.494 e. The van der Waals surface area contributed by atoms with E-state index in [0.29, 0.717) is 18.4 Å². The van der Waals surface area contributed by atoms with Crippen molar-refractivity contribution in [1.82, 2.24) is 5.32 Å². The molecule has 6 heteroatoms. The lowest BCUT2D eigenvalue weighted by Gasteiger charge is -2.32. The van der Waals surface area contributed by atoms with E-state index in [9.17, 15) is 19.1 Å². The number of carboxylic acid groups (broad SMARTS) is 1. The molecule has 5 nitrogen and oxygen atoms in total. The van der Waals surface area contributed by atoms with Crippen LogP contribution in [0.5, 0.6) is 5.75 Å². The Morgan fingerprint density at radius 1 is 1.33 bits per heavy atom. The van der Waals surface area contributed by atoms with E-state index < -0.39 is 23.2 Å². The number of benzene rings is 1. The quantitative estimate of drug-likeness (QED) is 0.834. The summed E-state index contributed by atoms with van der Waals surface area (Å²) in [5.74, 6) is -1.57. The maximum atomic E-state index is 13.8. The van der Waals surface area contributed by atoms with Crippen molar-refractivity contribution in [3.8, 4) is 5.75 Å². The highest BCUT2D eigenvalue weighted by atomic mass is 19.1. The minimum atomic E-state index is -0.965. The molecule has 0 heterocycles. The minimum absolute atomic E-state index is 0.0364. The fraction of sp³-hybridized carbons (Fsp3) is 0.556. The number of rotatable bonds is 6. The number of carboxylic acids is 1. The van der Waals surface area contributed by atoms with E-state index in [4.69, 9.17) is 4.74 Å². The molecule has 1 aromatic rings. The first-order chi connectivity index (χ1) is 11.4. The first kappa shape index (κ1) is 18.2. The van der Waals surface area contributed by atoms with E-state index in [-0.39, 0.29) is 18.1 Å². The van der Waals surface area contributed by atoms with Crippen LogP contribution in [0.3, 0.4) is 0 Å². The second kappa shape index (κ2) is 7.64. The summed E-state index contributed by atoms with van der Waals surface area (Å²) in [6.45, 7) is 1.74. The van der Waals surface area contributed by atoms with Gasteiger partial charge >= 0.3 is 5.97 Å². The van der Waals surface area contributed by atoms with Crippen molar-refractivity contribution in [3.05, 3.63) is 29.6 Å². The van der Waals surface area contributed by atoms with Gasteiger partial charge in [-0.25, -0.2) is 4.39 Å². The number of carbonyl (C=O) groups excluding carboxylic acids is 1. The van der Waals surface area contributed by atoms with Crippen molar-refractivity contribution in [1.29, 1.82) is 0 Å². The number of aliphatic carboxylic acids is 1. The van der Waals surface area contributed by atoms with Crippen LogP contribution in [0.4, 0.5) is 4.39 Å². The maximum Gasteiger partial charge on any atom is 0.310 e. The lowest BCUT2D eigenvalue weighted by Crippen LogP contribution is -2.39. The number of halogens is 1. The van der Waals surface area contributed by atoms with E-state index in [1.54, 1.807) is 13.0 Å². The summed E-state index contributed by atoms with van der Waals surface area (Å²) < 4.78 is 18.6. The molecule has 1 aliphatic rings. The van der Waals surface area contributed by atoms with Crippen LogP contribution in [-0.2, 0) is 9.59 Å². The predicted molar refractivity (Wildman–Crippen MR) is 87.3 cm³/mol. The Balaban J connectivity index is 2.03. The number of nitrogens with one attached hydrogen (secondary N) is 1. The van der Waals surface area contributed by atoms with Crippen LogP contribution in [0.1, 0.15) is 57.1 Å². The summed E-state index contributed by atoms with van der Waals surface area (Å²) in [4.78, 5) is 24.0. The molecule has 1 atom stereocenters. The third-order valence-corrected chi connectivity index (χ3v) is 4.82. The van der Waals surface area contributed by atoms with Crippen LogP contribution in [0, 0.1) is 11.2 Å². The van der Waals surface area contributed by atoms with Gasteiger partial charge in [-0.3, -0.25) is 9.59 Å². The van der Waals surface area contributed by atoms with Crippen LogP contribution in [0.2, 0.25) is 0 Å². The van der Waals surface area contributed by atoms with Crippen molar-refractivity contribution in [2.45, 2.75) is 51.5 Å². The molecule has 0 aliphatic heterocycles. The van der Waals surface area contributed by atoms with Crippen molar-refractivity contribution in [2.24, 2.45) is 5.41 Å². The minimum Gasteiger partial charge on any atom is -0.494 e. The zero-order valence-electron chi connectivity index (χ0n) is 14.1. The molecule has 0 unspecified atom stereocenters. The number of hydrogen-bond donors (Lipinski definition) is 2. The average Bonchev–Trinajstić information content (AvgIpc) is 2.55. The molecule has 2 N–H and O–H groups in total. The van der Waals surface area contributed by atoms with Crippen LogP contribution >= 0.6 is 0 Å². The summed E-state index contributed by atoms with van der Waals surface area (Å²) in [6, 6.07) is 4.10. The third kappa shape index (κ3) is 4.04. The number of amides is 1. The highest BCUT2D eigenvalue weighted by molar-refractivity contribution is 5.85.